The Morgan fingerprint density at radius 3 is 1.76 bits per heavy atom. The fourth-order valence-electron chi connectivity index (χ4n) is 2.96. The lowest BCUT2D eigenvalue weighted by Crippen LogP contribution is -2.27. The summed E-state index contributed by atoms with van der Waals surface area (Å²) in [6.07, 6.45) is 17.7. The number of hydrogen-bond donors (Lipinski definition) is 1. The molecular weight excluding hydrogens is 314 g/mol. The van der Waals surface area contributed by atoms with Crippen LogP contribution >= 0.6 is 0 Å². The van der Waals surface area contributed by atoms with Gasteiger partial charge in [0.2, 0.25) is 0 Å². The van der Waals surface area contributed by atoms with Gasteiger partial charge in [-0.15, -0.1) is 0 Å². The zero-order chi connectivity index (χ0) is 18.6. The first-order valence-electron chi connectivity index (χ1n) is 10.7. The molecule has 0 radical (unpaired) electrons. The van der Waals surface area contributed by atoms with E-state index in [1.54, 1.807) is 0 Å². The maximum Gasteiger partial charge on any atom is 0.305 e. The molecule has 0 aliphatic rings. The van der Waals surface area contributed by atoms with E-state index in [9.17, 15) is 4.79 Å². The first kappa shape index (κ1) is 24.4. The Morgan fingerprint density at radius 2 is 1.28 bits per heavy atom. The van der Waals surface area contributed by atoms with Gasteiger partial charge in [0.15, 0.2) is 0 Å². The molecule has 0 saturated heterocycles. The molecule has 0 amide bonds. The topological polar surface area (TPSA) is 49.8 Å². The molecular formula is C21H43NO3. The van der Waals surface area contributed by atoms with Crippen molar-refractivity contribution < 1.29 is 14.6 Å². The number of aliphatic hydroxyl groups excluding tert-OH is 1. The van der Waals surface area contributed by atoms with Gasteiger partial charge in [-0.1, -0.05) is 84.0 Å². The van der Waals surface area contributed by atoms with Crippen molar-refractivity contribution in [3.63, 3.8) is 0 Å². The second-order valence-electron chi connectivity index (χ2n) is 7.24. The van der Waals surface area contributed by atoms with E-state index in [4.69, 9.17) is 9.84 Å². The Morgan fingerprint density at radius 1 is 0.800 bits per heavy atom. The van der Waals surface area contributed by atoms with Crippen LogP contribution in [0.1, 0.15) is 96.8 Å². The highest BCUT2D eigenvalue weighted by Crippen LogP contribution is 2.13. The number of ether oxygens (including phenoxy) is 1. The van der Waals surface area contributed by atoms with Crippen LogP contribution in [0.15, 0.2) is 0 Å². The summed E-state index contributed by atoms with van der Waals surface area (Å²) in [7, 11) is 1.91. The first-order chi connectivity index (χ1) is 12.2. The third-order valence-electron chi connectivity index (χ3n) is 4.70. The average Bonchev–Trinajstić information content (AvgIpc) is 2.59. The number of unbranched alkanes of at least 4 members (excludes halogenated alkanes) is 12. The van der Waals surface area contributed by atoms with Crippen molar-refractivity contribution in [2.45, 2.75) is 96.8 Å². The van der Waals surface area contributed by atoms with E-state index in [0.717, 1.165) is 12.8 Å². The van der Waals surface area contributed by atoms with E-state index in [1.807, 2.05) is 11.9 Å². The number of carbonyl (C=O) groups is 1. The molecule has 4 heteroatoms. The predicted octanol–water partition coefficient (Wildman–Crippen LogP) is 4.94. The molecule has 1 N–H and O–H groups in total. The highest BCUT2D eigenvalue weighted by atomic mass is 16.5. The molecule has 0 rings (SSSR count). The van der Waals surface area contributed by atoms with E-state index in [0.29, 0.717) is 26.1 Å². The van der Waals surface area contributed by atoms with Gasteiger partial charge < -0.3 is 14.7 Å². The molecule has 0 aromatic rings. The Labute approximate surface area is 156 Å². The van der Waals surface area contributed by atoms with Crippen LogP contribution in [0, 0.1) is 0 Å². The predicted molar refractivity (Wildman–Crippen MR) is 106 cm³/mol. The lowest BCUT2D eigenvalue weighted by Gasteiger charge is -2.14. The van der Waals surface area contributed by atoms with Gasteiger partial charge in [0, 0.05) is 19.5 Å². The molecule has 0 aromatic carbocycles. The minimum absolute atomic E-state index is 0.0829. The summed E-state index contributed by atoms with van der Waals surface area (Å²) in [6, 6.07) is 0. The average molecular weight is 358 g/mol. The van der Waals surface area contributed by atoms with Crippen molar-refractivity contribution in [1.82, 2.24) is 4.90 Å². The third-order valence-corrected chi connectivity index (χ3v) is 4.70. The van der Waals surface area contributed by atoms with E-state index in [1.165, 1.54) is 70.6 Å². The van der Waals surface area contributed by atoms with Crippen LogP contribution in [-0.4, -0.2) is 49.3 Å². The molecule has 0 bridgehead atoms. The zero-order valence-corrected chi connectivity index (χ0v) is 16.9. The van der Waals surface area contributed by atoms with Gasteiger partial charge in [-0.25, -0.2) is 0 Å². The van der Waals surface area contributed by atoms with Crippen LogP contribution in [0.2, 0.25) is 0 Å². The molecule has 25 heavy (non-hydrogen) atoms. The highest BCUT2D eigenvalue weighted by molar-refractivity contribution is 5.69. The standard InChI is InChI=1S/C21H43NO3/c1-3-4-5-6-7-8-9-10-11-12-13-14-15-16-21(24)25-20-18-22(2)17-19-23/h23H,3-20H2,1-2H3. The van der Waals surface area contributed by atoms with Crippen molar-refractivity contribution in [3.8, 4) is 0 Å². The summed E-state index contributed by atoms with van der Waals surface area (Å²) in [6.45, 7) is 4.14. The van der Waals surface area contributed by atoms with E-state index < -0.39 is 0 Å². The van der Waals surface area contributed by atoms with Gasteiger partial charge in [-0.2, -0.15) is 0 Å². The number of esters is 1. The Hall–Kier alpha value is -0.610. The van der Waals surface area contributed by atoms with E-state index >= 15 is 0 Å². The number of nitrogens with zero attached hydrogens (tertiary/aromatic N) is 1. The molecule has 0 aliphatic carbocycles. The van der Waals surface area contributed by atoms with Gasteiger partial charge in [0.05, 0.1) is 6.61 Å². The Balaban J connectivity index is 3.18. The normalized spacial score (nSPS) is 11.2. The number of hydrogen-bond acceptors (Lipinski definition) is 4. The monoisotopic (exact) mass is 357 g/mol. The summed E-state index contributed by atoms with van der Waals surface area (Å²) in [5, 5.41) is 8.78. The Bertz CT molecular complexity index is 284. The summed E-state index contributed by atoms with van der Waals surface area (Å²) in [5.74, 6) is -0.0829. The second kappa shape index (κ2) is 19.7. The summed E-state index contributed by atoms with van der Waals surface area (Å²) >= 11 is 0. The number of rotatable bonds is 19. The van der Waals surface area contributed by atoms with Crippen LogP contribution in [-0.2, 0) is 9.53 Å². The quantitative estimate of drug-likeness (QED) is 0.263. The molecule has 0 atom stereocenters. The molecule has 0 unspecified atom stereocenters. The van der Waals surface area contributed by atoms with Gasteiger partial charge in [0.25, 0.3) is 0 Å². The van der Waals surface area contributed by atoms with Crippen LogP contribution in [0.4, 0.5) is 0 Å². The Kier molecular flexibility index (Phi) is 19.2. The second-order valence-corrected chi connectivity index (χ2v) is 7.24. The largest absolute Gasteiger partial charge is 0.464 e. The fourth-order valence-corrected chi connectivity index (χ4v) is 2.96. The number of aliphatic hydroxyl groups is 1. The maximum absolute atomic E-state index is 11.6. The van der Waals surface area contributed by atoms with Crippen LogP contribution in [0.5, 0.6) is 0 Å². The summed E-state index contributed by atoms with van der Waals surface area (Å²) in [5.41, 5.74) is 0. The maximum atomic E-state index is 11.6. The molecule has 0 saturated carbocycles. The molecule has 0 spiro atoms. The third kappa shape index (κ3) is 19.6. The molecule has 0 heterocycles. The summed E-state index contributed by atoms with van der Waals surface area (Å²) in [4.78, 5) is 13.6. The summed E-state index contributed by atoms with van der Waals surface area (Å²) < 4.78 is 5.20. The molecule has 0 aliphatic heterocycles. The van der Waals surface area contributed by atoms with Gasteiger partial charge in [-0.05, 0) is 13.5 Å². The molecule has 0 aromatic heterocycles. The molecule has 150 valence electrons. The van der Waals surface area contributed by atoms with Crippen LogP contribution < -0.4 is 0 Å². The minimum atomic E-state index is -0.0829. The van der Waals surface area contributed by atoms with Gasteiger partial charge >= 0.3 is 5.97 Å². The highest BCUT2D eigenvalue weighted by Gasteiger charge is 2.04. The van der Waals surface area contributed by atoms with Crippen molar-refractivity contribution in [2.24, 2.45) is 0 Å². The van der Waals surface area contributed by atoms with Gasteiger partial charge in [0.1, 0.15) is 6.61 Å². The van der Waals surface area contributed by atoms with Crippen molar-refractivity contribution in [3.05, 3.63) is 0 Å². The van der Waals surface area contributed by atoms with Crippen LogP contribution in [0.3, 0.4) is 0 Å². The number of carbonyl (C=O) groups excluding carboxylic acids is 1. The SMILES string of the molecule is CCCCCCCCCCCCCCCC(=O)OCCN(C)CCO. The van der Waals surface area contributed by atoms with Gasteiger partial charge in [-0.3, -0.25) is 4.79 Å². The van der Waals surface area contributed by atoms with Crippen molar-refractivity contribution in [1.29, 1.82) is 0 Å². The van der Waals surface area contributed by atoms with E-state index in [2.05, 4.69) is 6.92 Å². The zero-order valence-electron chi connectivity index (χ0n) is 16.9. The van der Waals surface area contributed by atoms with Crippen LogP contribution in [0.25, 0.3) is 0 Å². The first-order valence-corrected chi connectivity index (χ1v) is 10.7. The van der Waals surface area contributed by atoms with Crippen molar-refractivity contribution in [2.75, 3.05) is 33.4 Å². The lowest BCUT2D eigenvalue weighted by molar-refractivity contribution is -0.144. The smallest absolute Gasteiger partial charge is 0.305 e. The molecule has 4 nitrogen and oxygen atoms in total. The van der Waals surface area contributed by atoms with E-state index in [-0.39, 0.29) is 12.6 Å². The van der Waals surface area contributed by atoms with Crippen molar-refractivity contribution >= 4 is 5.97 Å². The fraction of sp³-hybridized carbons (Fsp3) is 0.952. The molecule has 0 fully saturated rings. The minimum Gasteiger partial charge on any atom is -0.464 e. The number of likely N-dealkylation sites (N-methyl/N-ethyl adjacent to an activating group) is 1. The lowest BCUT2D eigenvalue weighted by atomic mass is 10.0.